The summed E-state index contributed by atoms with van der Waals surface area (Å²) in [6.07, 6.45) is 80.9. The van der Waals surface area contributed by atoms with E-state index in [4.69, 9.17) is 4.74 Å². The van der Waals surface area contributed by atoms with E-state index in [0.29, 0.717) is 25.9 Å². The first kappa shape index (κ1) is 73.3. The summed E-state index contributed by atoms with van der Waals surface area (Å²) < 4.78 is 5.48. The van der Waals surface area contributed by atoms with Gasteiger partial charge in [0.1, 0.15) is 0 Å². The SMILES string of the molecule is CCC/C=C\C/C=C\CCCCCCCC(=O)OCCCCCCCCCCCCCCCCCCCCCCCCCCCCCCCCCCC(=O)NC(CO)C(O)CCCCCCCCCCCCCCC. The van der Waals surface area contributed by atoms with Gasteiger partial charge in [0.05, 0.1) is 25.4 Å². The largest absolute Gasteiger partial charge is 0.466 e. The van der Waals surface area contributed by atoms with E-state index in [1.165, 1.54) is 295 Å². The van der Waals surface area contributed by atoms with Crippen molar-refractivity contribution in [3.05, 3.63) is 24.3 Å². The lowest BCUT2D eigenvalue weighted by atomic mass is 10.0. The van der Waals surface area contributed by atoms with Crippen LogP contribution in [-0.2, 0) is 14.3 Å². The summed E-state index contributed by atoms with van der Waals surface area (Å²) in [6, 6.07) is -0.537. The van der Waals surface area contributed by atoms with E-state index in [1.807, 2.05) is 0 Å². The van der Waals surface area contributed by atoms with Crippen LogP contribution in [-0.4, -0.2) is 47.4 Å². The Morgan fingerprint density at radius 2 is 0.693 bits per heavy atom. The predicted molar refractivity (Wildman–Crippen MR) is 329 cm³/mol. The average molecular weight is 1060 g/mol. The lowest BCUT2D eigenvalue weighted by molar-refractivity contribution is -0.143. The number of hydrogen-bond donors (Lipinski definition) is 3. The van der Waals surface area contributed by atoms with E-state index in [2.05, 4.69) is 43.5 Å². The number of esters is 1. The van der Waals surface area contributed by atoms with E-state index in [9.17, 15) is 19.8 Å². The molecule has 0 radical (unpaired) electrons. The standard InChI is InChI=1S/C69H133NO5/c1-3-5-7-9-11-13-15-37-41-45-49-53-57-61-67(72)66(65-71)70-68(73)62-58-54-50-46-42-39-35-33-31-29-27-25-23-21-19-17-18-20-22-24-26-28-30-32-34-36-40-44-48-52-56-60-64-75-69(74)63-59-55-51-47-43-38-16-14-12-10-8-6-4-2/h8,10,14,16,66-67,71-72H,3-7,9,11-13,15,17-65H2,1-2H3,(H,70,73)/b10-8-,16-14-. The number of ether oxygens (including phenoxy) is 1. The van der Waals surface area contributed by atoms with E-state index in [1.54, 1.807) is 0 Å². The van der Waals surface area contributed by atoms with Crippen LogP contribution in [0.5, 0.6) is 0 Å². The van der Waals surface area contributed by atoms with Crippen molar-refractivity contribution >= 4 is 11.9 Å². The highest BCUT2D eigenvalue weighted by molar-refractivity contribution is 5.76. The molecule has 0 bridgehead atoms. The Hall–Kier alpha value is -1.66. The molecule has 0 heterocycles. The Bertz CT molecular complexity index is 1170. The van der Waals surface area contributed by atoms with Crippen LogP contribution in [0.3, 0.4) is 0 Å². The van der Waals surface area contributed by atoms with Crippen molar-refractivity contribution in [1.82, 2.24) is 5.32 Å². The summed E-state index contributed by atoms with van der Waals surface area (Å²) >= 11 is 0. The number of aliphatic hydroxyl groups excluding tert-OH is 2. The van der Waals surface area contributed by atoms with Gasteiger partial charge in [0.25, 0.3) is 0 Å². The number of unbranched alkanes of at least 4 members (excludes halogenated alkanes) is 49. The molecule has 1 amide bonds. The fraction of sp³-hybridized carbons (Fsp3) is 0.913. The zero-order valence-electron chi connectivity index (χ0n) is 50.8. The zero-order chi connectivity index (χ0) is 54.3. The van der Waals surface area contributed by atoms with Crippen LogP contribution in [0, 0.1) is 0 Å². The molecule has 0 aliphatic carbocycles. The Kier molecular flexibility index (Phi) is 63.4. The van der Waals surface area contributed by atoms with Crippen LogP contribution >= 0.6 is 0 Å². The molecule has 0 saturated heterocycles. The van der Waals surface area contributed by atoms with Crippen molar-refractivity contribution in [3.63, 3.8) is 0 Å². The van der Waals surface area contributed by atoms with E-state index in [0.717, 1.165) is 51.4 Å². The molecule has 75 heavy (non-hydrogen) atoms. The monoisotopic (exact) mass is 1060 g/mol. The van der Waals surface area contributed by atoms with Crippen molar-refractivity contribution < 1.29 is 24.5 Å². The number of carbonyl (C=O) groups is 2. The minimum absolute atomic E-state index is 0.00614. The average Bonchev–Trinajstić information content (AvgIpc) is 3.41. The molecule has 0 aromatic rings. The van der Waals surface area contributed by atoms with E-state index < -0.39 is 12.1 Å². The number of carbonyl (C=O) groups excluding carboxylic acids is 2. The molecule has 0 aromatic heterocycles. The molecule has 2 unspecified atom stereocenters. The normalized spacial score (nSPS) is 12.6. The second kappa shape index (κ2) is 64.9. The first-order valence-corrected chi connectivity index (χ1v) is 34.1. The molecule has 3 N–H and O–H groups in total. The number of nitrogens with one attached hydrogen (secondary N) is 1. The minimum Gasteiger partial charge on any atom is -0.466 e. The topological polar surface area (TPSA) is 95.9 Å². The summed E-state index contributed by atoms with van der Waals surface area (Å²) in [5.74, 6) is -0.0224. The maximum absolute atomic E-state index is 12.5. The second-order valence-corrected chi connectivity index (χ2v) is 23.5. The smallest absolute Gasteiger partial charge is 0.305 e. The molecule has 0 rings (SSSR count). The van der Waals surface area contributed by atoms with Crippen molar-refractivity contribution in [3.8, 4) is 0 Å². The van der Waals surface area contributed by atoms with Gasteiger partial charge >= 0.3 is 5.97 Å². The number of aliphatic hydroxyl groups is 2. The van der Waals surface area contributed by atoms with Crippen LogP contribution in [0.2, 0.25) is 0 Å². The van der Waals surface area contributed by atoms with Crippen LogP contribution in [0.4, 0.5) is 0 Å². The second-order valence-electron chi connectivity index (χ2n) is 23.5. The molecule has 0 aromatic carbocycles. The lowest BCUT2D eigenvalue weighted by Gasteiger charge is -2.22. The molecule has 2 atom stereocenters. The summed E-state index contributed by atoms with van der Waals surface area (Å²) in [5.41, 5.74) is 0. The highest BCUT2D eigenvalue weighted by Crippen LogP contribution is 2.19. The zero-order valence-corrected chi connectivity index (χ0v) is 50.8. The molecule has 0 aliphatic heterocycles. The Morgan fingerprint density at radius 1 is 0.373 bits per heavy atom. The van der Waals surface area contributed by atoms with Gasteiger partial charge in [-0.3, -0.25) is 9.59 Å². The number of rotatable bonds is 64. The summed E-state index contributed by atoms with van der Waals surface area (Å²) in [5, 5.41) is 23.3. The van der Waals surface area contributed by atoms with Crippen molar-refractivity contribution in [2.75, 3.05) is 13.2 Å². The van der Waals surface area contributed by atoms with Crippen LogP contribution < -0.4 is 5.32 Å². The van der Waals surface area contributed by atoms with Gasteiger partial charge in [0.15, 0.2) is 0 Å². The highest BCUT2D eigenvalue weighted by Gasteiger charge is 2.20. The minimum atomic E-state index is -0.660. The van der Waals surface area contributed by atoms with Gasteiger partial charge in [-0.2, -0.15) is 0 Å². The predicted octanol–water partition coefficient (Wildman–Crippen LogP) is 21.8. The molecule has 0 saturated carbocycles. The van der Waals surface area contributed by atoms with Gasteiger partial charge in [0, 0.05) is 12.8 Å². The Labute approximate surface area is 469 Å². The van der Waals surface area contributed by atoms with Crippen LogP contribution in [0.15, 0.2) is 24.3 Å². The summed E-state index contributed by atoms with van der Waals surface area (Å²) in [6.45, 7) is 4.91. The van der Waals surface area contributed by atoms with Gasteiger partial charge in [-0.05, 0) is 51.4 Å². The van der Waals surface area contributed by atoms with Crippen molar-refractivity contribution in [2.24, 2.45) is 0 Å². The number of amides is 1. The third-order valence-corrected chi connectivity index (χ3v) is 16.0. The molecule has 6 heteroatoms. The molecule has 444 valence electrons. The molecule has 0 fully saturated rings. The molecule has 6 nitrogen and oxygen atoms in total. The maximum atomic E-state index is 12.5. The van der Waals surface area contributed by atoms with Crippen molar-refractivity contribution in [1.29, 1.82) is 0 Å². The quantitative estimate of drug-likeness (QED) is 0.0320. The molecule has 0 spiro atoms. The van der Waals surface area contributed by atoms with E-state index >= 15 is 0 Å². The van der Waals surface area contributed by atoms with Gasteiger partial charge in [-0.15, -0.1) is 0 Å². The lowest BCUT2D eigenvalue weighted by Crippen LogP contribution is -2.45. The van der Waals surface area contributed by atoms with Gasteiger partial charge in [0.2, 0.25) is 5.91 Å². The molecular formula is C69H133NO5. The fourth-order valence-electron chi connectivity index (χ4n) is 10.8. The number of allylic oxidation sites excluding steroid dienone is 4. The van der Waals surface area contributed by atoms with Crippen LogP contribution in [0.1, 0.15) is 380 Å². The first-order valence-electron chi connectivity index (χ1n) is 34.1. The highest BCUT2D eigenvalue weighted by atomic mass is 16.5. The number of hydrogen-bond acceptors (Lipinski definition) is 5. The van der Waals surface area contributed by atoms with Crippen LogP contribution in [0.25, 0.3) is 0 Å². The third kappa shape index (κ3) is 61.4. The third-order valence-electron chi connectivity index (χ3n) is 16.0. The molecular weight excluding hydrogens is 923 g/mol. The van der Waals surface area contributed by atoms with Gasteiger partial charge in [-0.25, -0.2) is 0 Å². The van der Waals surface area contributed by atoms with Crippen molar-refractivity contribution in [2.45, 2.75) is 392 Å². The Balaban J connectivity index is 3.31. The summed E-state index contributed by atoms with van der Waals surface area (Å²) in [4.78, 5) is 24.5. The van der Waals surface area contributed by atoms with Gasteiger partial charge < -0.3 is 20.3 Å². The maximum Gasteiger partial charge on any atom is 0.305 e. The van der Waals surface area contributed by atoms with E-state index in [-0.39, 0.29) is 18.5 Å². The Morgan fingerprint density at radius 3 is 1.07 bits per heavy atom. The first-order chi connectivity index (χ1) is 37.0. The fourth-order valence-corrected chi connectivity index (χ4v) is 10.8. The molecule has 0 aliphatic rings. The van der Waals surface area contributed by atoms with Gasteiger partial charge in [-0.1, -0.05) is 340 Å². The summed E-state index contributed by atoms with van der Waals surface area (Å²) in [7, 11) is 0.